The first-order valence-corrected chi connectivity index (χ1v) is 6.11. The van der Waals surface area contributed by atoms with Crippen LogP contribution in [0.2, 0.25) is 0 Å². The lowest BCUT2D eigenvalue weighted by atomic mass is 10.1. The van der Waals surface area contributed by atoms with E-state index in [0.29, 0.717) is 5.92 Å². The second-order valence-corrected chi connectivity index (χ2v) is 4.37. The van der Waals surface area contributed by atoms with Crippen molar-refractivity contribution in [3.05, 3.63) is 23.8 Å². The van der Waals surface area contributed by atoms with Gasteiger partial charge in [0.25, 0.3) is 0 Å². The van der Waals surface area contributed by atoms with E-state index in [-0.39, 0.29) is 0 Å². The molecule has 4 heteroatoms. The minimum atomic E-state index is 0.499. The molecule has 4 nitrogen and oxygen atoms in total. The molecule has 0 fully saturated rings. The van der Waals surface area contributed by atoms with Gasteiger partial charge in [-0.25, -0.2) is 0 Å². The summed E-state index contributed by atoms with van der Waals surface area (Å²) < 4.78 is 15.6. The van der Waals surface area contributed by atoms with E-state index in [0.717, 1.165) is 36.8 Å². The lowest BCUT2D eigenvalue weighted by Gasteiger charge is -2.14. The average Bonchev–Trinajstić information content (AvgIpc) is 2.39. The third kappa shape index (κ3) is 4.55. The molecule has 0 aliphatic rings. The standard InChI is InChI=1S/C14H23NO3/c1-11(10-16-2)8-15-9-12-5-6-13(17-3)7-14(12)18-4/h5-7,11,15H,8-10H2,1-4H3. The molecule has 102 valence electrons. The van der Waals surface area contributed by atoms with Crippen molar-refractivity contribution >= 4 is 0 Å². The van der Waals surface area contributed by atoms with Crippen LogP contribution in [0.15, 0.2) is 18.2 Å². The average molecular weight is 253 g/mol. The van der Waals surface area contributed by atoms with Gasteiger partial charge in [0, 0.05) is 38.4 Å². The molecule has 1 N–H and O–H groups in total. The fraction of sp³-hybridized carbons (Fsp3) is 0.571. The summed E-state index contributed by atoms with van der Waals surface area (Å²) in [7, 11) is 5.05. The minimum Gasteiger partial charge on any atom is -0.497 e. The molecule has 0 heterocycles. The maximum Gasteiger partial charge on any atom is 0.127 e. The molecule has 18 heavy (non-hydrogen) atoms. The van der Waals surface area contributed by atoms with Gasteiger partial charge in [-0.2, -0.15) is 0 Å². The van der Waals surface area contributed by atoms with Gasteiger partial charge >= 0.3 is 0 Å². The molecule has 1 atom stereocenters. The number of ether oxygens (including phenoxy) is 3. The second-order valence-electron chi connectivity index (χ2n) is 4.37. The van der Waals surface area contributed by atoms with Crippen LogP contribution in [0.25, 0.3) is 0 Å². The second kappa shape index (κ2) is 7.95. The van der Waals surface area contributed by atoms with Crippen LogP contribution in [0.5, 0.6) is 11.5 Å². The summed E-state index contributed by atoms with van der Waals surface area (Å²) in [4.78, 5) is 0. The van der Waals surface area contributed by atoms with Crippen molar-refractivity contribution < 1.29 is 14.2 Å². The van der Waals surface area contributed by atoms with Gasteiger partial charge in [-0.05, 0) is 12.0 Å². The quantitative estimate of drug-likeness (QED) is 0.770. The Morgan fingerprint density at radius 2 is 1.94 bits per heavy atom. The highest BCUT2D eigenvalue weighted by Gasteiger charge is 2.06. The number of hydrogen-bond donors (Lipinski definition) is 1. The summed E-state index contributed by atoms with van der Waals surface area (Å²) in [6.07, 6.45) is 0. The molecular formula is C14H23NO3. The third-order valence-electron chi connectivity index (χ3n) is 2.75. The first kappa shape index (κ1) is 14.8. The molecule has 1 aromatic rings. The van der Waals surface area contributed by atoms with Crippen LogP contribution >= 0.6 is 0 Å². The Morgan fingerprint density at radius 1 is 1.17 bits per heavy atom. The highest BCUT2D eigenvalue weighted by atomic mass is 16.5. The summed E-state index contributed by atoms with van der Waals surface area (Å²) in [5, 5.41) is 3.40. The van der Waals surface area contributed by atoms with Gasteiger partial charge in [0.1, 0.15) is 11.5 Å². The van der Waals surface area contributed by atoms with Gasteiger partial charge in [0.2, 0.25) is 0 Å². The zero-order valence-corrected chi connectivity index (χ0v) is 11.7. The molecule has 0 aliphatic heterocycles. The molecule has 0 saturated carbocycles. The first-order chi connectivity index (χ1) is 8.71. The molecule has 0 spiro atoms. The van der Waals surface area contributed by atoms with Gasteiger partial charge in [-0.1, -0.05) is 13.0 Å². The summed E-state index contributed by atoms with van der Waals surface area (Å²) in [6, 6.07) is 5.86. The molecule has 1 aromatic carbocycles. The van der Waals surface area contributed by atoms with Crippen LogP contribution in [0, 0.1) is 5.92 Å². The Bertz CT molecular complexity index is 355. The van der Waals surface area contributed by atoms with Crippen LogP contribution < -0.4 is 14.8 Å². The maximum absolute atomic E-state index is 5.35. The van der Waals surface area contributed by atoms with E-state index in [4.69, 9.17) is 14.2 Å². The van der Waals surface area contributed by atoms with Crippen molar-refractivity contribution in [2.24, 2.45) is 5.92 Å². The van der Waals surface area contributed by atoms with Gasteiger partial charge in [-0.3, -0.25) is 0 Å². The van der Waals surface area contributed by atoms with E-state index in [1.54, 1.807) is 21.3 Å². The van der Waals surface area contributed by atoms with Crippen molar-refractivity contribution in [1.29, 1.82) is 0 Å². The minimum absolute atomic E-state index is 0.499. The zero-order chi connectivity index (χ0) is 13.4. The van der Waals surface area contributed by atoms with Gasteiger partial charge < -0.3 is 19.5 Å². The summed E-state index contributed by atoms with van der Waals surface area (Å²) in [5.74, 6) is 2.16. The first-order valence-electron chi connectivity index (χ1n) is 6.11. The molecular weight excluding hydrogens is 230 g/mol. The van der Waals surface area contributed by atoms with E-state index < -0.39 is 0 Å². The van der Waals surface area contributed by atoms with Crippen molar-refractivity contribution in [2.75, 3.05) is 34.5 Å². The molecule has 0 radical (unpaired) electrons. The Labute approximate surface area is 109 Å². The normalized spacial score (nSPS) is 12.2. The van der Waals surface area contributed by atoms with E-state index in [2.05, 4.69) is 12.2 Å². The summed E-state index contributed by atoms with van der Waals surface area (Å²) in [6.45, 7) is 4.62. The summed E-state index contributed by atoms with van der Waals surface area (Å²) in [5.41, 5.74) is 1.13. The van der Waals surface area contributed by atoms with Crippen molar-refractivity contribution in [3.8, 4) is 11.5 Å². The molecule has 0 saturated heterocycles. The molecule has 0 aliphatic carbocycles. The van der Waals surface area contributed by atoms with Crippen LogP contribution in [0.3, 0.4) is 0 Å². The van der Waals surface area contributed by atoms with Gasteiger partial charge in [-0.15, -0.1) is 0 Å². The number of rotatable bonds is 8. The largest absolute Gasteiger partial charge is 0.497 e. The van der Waals surface area contributed by atoms with E-state index in [1.807, 2.05) is 18.2 Å². The molecule has 1 unspecified atom stereocenters. The van der Waals surface area contributed by atoms with E-state index >= 15 is 0 Å². The summed E-state index contributed by atoms with van der Waals surface area (Å²) >= 11 is 0. The van der Waals surface area contributed by atoms with Crippen molar-refractivity contribution in [3.63, 3.8) is 0 Å². The predicted octanol–water partition coefficient (Wildman–Crippen LogP) is 2.08. The van der Waals surface area contributed by atoms with Crippen LogP contribution in [0.1, 0.15) is 12.5 Å². The molecule has 1 rings (SSSR count). The van der Waals surface area contributed by atoms with E-state index in [9.17, 15) is 0 Å². The predicted molar refractivity (Wildman–Crippen MR) is 72.3 cm³/mol. The third-order valence-corrected chi connectivity index (χ3v) is 2.75. The Balaban J connectivity index is 2.51. The Morgan fingerprint density at radius 3 is 2.56 bits per heavy atom. The highest BCUT2D eigenvalue weighted by molar-refractivity contribution is 5.40. The van der Waals surface area contributed by atoms with Gasteiger partial charge in [0.05, 0.1) is 14.2 Å². The lowest BCUT2D eigenvalue weighted by molar-refractivity contribution is 0.158. The topological polar surface area (TPSA) is 39.7 Å². The highest BCUT2D eigenvalue weighted by Crippen LogP contribution is 2.24. The van der Waals surface area contributed by atoms with Crippen LogP contribution in [-0.2, 0) is 11.3 Å². The molecule has 0 amide bonds. The van der Waals surface area contributed by atoms with Crippen molar-refractivity contribution in [2.45, 2.75) is 13.5 Å². The number of benzene rings is 1. The SMILES string of the molecule is COCC(C)CNCc1ccc(OC)cc1OC. The lowest BCUT2D eigenvalue weighted by Crippen LogP contribution is -2.23. The number of methoxy groups -OCH3 is 3. The van der Waals surface area contributed by atoms with E-state index in [1.165, 1.54) is 0 Å². The molecule has 0 bridgehead atoms. The Hall–Kier alpha value is -1.26. The number of nitrogens with one attached hydrogen (secondary N) is 1. The Kier molecular flexibility index (Phi) is 6.54. The van der Waals surface area contributed by atoms with Crippen molar-refractivity contribution in [1.82, 2.24) is 5.32 Å². The number of hydrogen-bond acceptors (Lipinski definition) is 4. The monoisotopic (exact) mass is 253 g/mol. The van der Waals surface area contributed by atoms with Crippen LogP contribution in [-0.4, -0.2) is 34.5 Å². The fourth-order valence-corrected chi connectivity index (χ4v) is 1.79. The maximum atomic E-state index is 5.35. The van der Waals surface area contributed by atoms with Crippen LogP contribution in [0.4, 0.5) is 0 Å². The zero-order valence-electron chi connectivity index (χ0n) is 11.7. The molecule has 0 aromatic heterocycles. The van der Waals surface area contributed by atoms with Gasteiger partial charge in [0.15, 0.2) is 0 Å². The fourth-order valence-electron chi connectivity index (χ4n) is 1.79. The smallest absolute Gasteiger partial charge is 0.127 e.